The maximum atomic E-state index is 6.06. The Morgan fingerprint density at radius 3 is 2.47 bits per heavy atom. The van der Waals surface area contributed by atoms with E-state index in [1.807, 2.05) is 18.2 Å². The van der Waals surface area contributed by atoms with Crippen LogP contribution in [0.3, 0.4) is 0 Å². The Morgan fingerprint density at radius 2 is 1.87 bits per heavy atom. The van der Waals surface area contributed by atoms with Gasteiger partial charge in [-0.15, -0.1) is 0 Å². The number of halogens is 1. The lowest BCUT2D eigenvalue weighted by Gasteiger charge is -2.16. The molecular weight excluding hydrogens is 206 g/mol. The predicted octanol–water partition coefficient (Wildman–Crippen LogP) is 3.72. The quantitative estimate of drug-likeness (QED) is 0.806. The van der Waals surface area contributed by atoms with Crippen molar-refractivity contribution in [1.82, 2.24) is 5.32 Å². The Labute approximate surface area is 97.8 Å². The number of rotatable bonds is 5. The van der Waals surface area contributed by atoms with Gasteiger partial charge in [-0.3, -0.25) is 0 Å². The molecule has 1 nitrogen and oxygen atoms in total. The molecule has 0 saturated heterocycles. The van der Waals surface area contributed by atoms with Crippen LogP contribution in [-0.2, 0) is 6.54 Å². The van der Waals surface area contributed by atoms with Gasteiger partial charge in [0.05, 0.1) is 0 Å². The van der Waals surface area contributed by atoms with Gasteiger partial charge in [0, 0.05) is 11.6 Å². The van der Waals surface area contributed by atoms with Gasteiger partial charge < -0.3 is 5.32 Å². The normalized spacial score (nSPS) is 13.1. The van der Waals surface area contributed by atoms with Crippen LogP contribution < -0.4 is 5.32 Å². The second kappa shape index (κ2) is 6.14. The highest BCUT2D eigenvalue weighted by Crippen LogP contribution is 2.14. The SMILES string of the molecule is CC(C)[C@H](C)CNCc1ccccc1Cl. The zero-order chi connectivity index (χ0) is 11.3. The average Bonchev–Trinajstić information content (AvgIpc) is 2.20. The third kappa shape index (κ3) is 4.23. The number of hydrogen-bond acceptors (Lipinski definition) is 1. The molecule has 0 aliphatic carbocycles. The first kappa shape index (κ1) is 12.5. The molecule has 1 atom stereocenters. The molecule has 1 aromatic rings. The van der Waals surface area contributed by atoms with Gasteiger partial charge in [-0.2, -0.15) is 0 Å². The summed E-state index contributed by atoms with van der Waals surface area (Å²) in [5.41, 5.74) is 1.18. The summed E-state index contributed by atoms with van der Waals surface area (Å²) in [6.45, 7) is 8.67. The van der Waals surface area contributed by atoms with Crippen LogP contribution in [0.1, 0.15) is 26.3 Å². The van der Waals surface area contributed by atoms with Crippen LogP contribution in [0, 0.1) is 11.8 Å². The highest BCUT2D eigenvalue weighted by Gasteiger charge is 2.06. The Morgan fingerprint density at radius 1 is 1.20 bits per heavy atom. The molecule has 84 valence electrons. The minimum absolute atomic E-state index is 0.701. The van der Waals surface area contributed by atoms with E-state index >= 15 is 0 Å². The average molecular weight is 226 g/mol. The van der Waals surface area contributed by atoms with E-state index in [2.05, 4.69) is 32.2 Å². The van der Waals surface area contributed by atoms with Crippen molar-refractivity contribution >= 4 is 11.6 Å². The first-order valence-electron chi connectivity index (χ1n) is 5.55. The molecule has 0 saturated carbocycles. The fourth-order valence-corrected chi connectivity index (χ4v) is 1.51. The summed E-state index contributed by atoms with van der Waals surface area (Å²) < 4.78 is 0. The van der Waals surface area contributed by atoms with E-state index in [9.17, 15) is 0 Å². The van der Waals surface area contributed by atoms with Crippen molar-refractivity contribution in [3.63, 3.8) is 0 Å². The van der Waals surface area contributed by atoms with E-state index in [0.717, 1.165) is 24.0 Å². The molecule has 0 bridgehead atoms. The van der Waals surface area contributed by atoms with Gasteiger partial charge in [0.1, 0.15) is 0 Å². The topological polar surface area (TPSA) is 12.0 Å². The van der Waals surface area contributed by atoms with Gasteiger partial charge in [0.25, 0.3) is 0 Å². The Balaban J connectivity index is 2.35. The highest BCUT2D eigenvalue weighted by molar-refractivity contribution is 6.31. The Bertz CT molecular complexity index is 296. The van der Waals surface area contributed by atoms with Crippen molar-refractivity contribution in [2.45, 2.75) is 27.3 Å². The van der Waals surface area contributed by atoms with Gasteiger partial charge in [-0.05, 0) is 30.0 Å². The van der Waals surface area contributed by atoms with Crippen LogP contribution in [-0.4, -0.2) is 6.54 Å². The Hall–Kier alpha value is -0.530. The third-order valence-corrected chi connectivity index (χ3v) is 3.25. The molecule has 0 aliphatic rings. The zero-order valence-electron chi connectivity index (χ0n) is 9.76. The highest BCUT2D eigenvalue weighted by atomic mass is 35.5. The summed E-state index contributed by atoms with van der Waals surface area (Å²) in [7, 11) is 0. The molecule has 0 unspecified atom stereocenters. The van der Waals surface area contributed by atoms with E-state index in [0.29, 0.717) is 5.92 Å². The summed E-state index contributed by atoms with van der Waals surface area (Å²) >= 11 is 6.06. The fourth-order valence-electron chi connectivity index (χ4n) is 1.31. The van der Waals surface area contributed by atoms with Crippen LogP contribution in [0.2, 0.25) is 5.02 Å². The molecule has 0 amide bonds. The molecule has 1 N–H and O–H groups in total. The summed E-state index contributed by atoms with van der Waals surface area (Å²) in [4.78, 5) is 0. The molecule has 0 radical (unpaired) electrons. The molecule has 0 fully saturated rings. The van der Waals surface area contributed by atoms with E-state index < -0.39 is 0 Å². The van der Waals surface area contributed by atoms with E-state index in [4.69, 9.17) is 11.6 Å². The van der Waals surface area contributed by atoms with Gasteiger partial charge in [-0.25, -0.2) is 0 Å². The maximum Gasteiger partial charge on any atom is 0.0450 e. The van der Waals surface area contributed by atoms with Crippen molar-refractivity contribution in [2.24, 2.45) is 11.8 Å². The van der Waals surface area contributed by atoms with Gasteiger partial charge in [-0.1, -0.05) is 50.6 Å². The molecule has 15 heavy (non-hydrogen) atoms. The van der Waals surface area contributed by atoms with Crippen molar-refractivity contribution in [3.05, 3.63) is 34.9 Å². The van der Waals surface area contributed by atoms with E-state index in [1.165, 1.54) is 5.56 Å². The van der Waals surface area contributed by atoms with Crippen LogP contribution in [0.15, 0.2) is 24.3 Å². The summed E-state index contributed by atoms with van der Waals surface area (Å²) in [6.07, 6.45) is 0. The minimum atomic E-state index is 0.701. The zero-order valence-corrected chi connectivity index (χ0v) is 10.5. The first-order chi connectivity index (χ1) is 7.11. The van der Waals surface area contributed by atoms with Crippen molar-refractivity contribution in [1.29, 1.82) is 0 Å². The van der Waals surface area contributed by atoms with Gasteiger partial charge in [0.15, 0.2) is 0 Å². The minimum Gasteiger partial charge on any atom is -0.312 e. The van der Waals surface area contributed by atoms with E-state index in [-0.39, 0.29) is 0 Å². The molecule has 0 heterocycles. The van der Waals surface area contributed by atoms with Crippen LogP contribution in [0.5, 0.6) is 0 Å². The molecular formula is C13H20ClN. The van der Waals surface area contributed by atoms with Crippen LogP contribution >= 0.6 is 11.6 Å². The predicted molar refractivity (Wildman–Crippen MR) is 67.2 cm³/mol. The maximum absolute atomic E-state index is 6.06. The van der Waals surface area contributed by atoms with Crippen LogP contribution in [0.25, 0.3) is 0 Å². The number of nitrogens with one attached hydrogen (secondary N) is 1. The third-order valence-electron chi connectivity index (χ3n) is 2.88. The van der Waals surface area contributed by atoms with Crippen LogP contribution in [0.4, 0.5) is 0 Å². The van der Waals surface area contributed by atoms with Crippen molar-refractivity contribution in [2.75, 3.05) is 6.54 Å². The van der Waals surface area contributed by atoms with Gasteiger partial charge in [0.2, 0.25) is 0 Å². The standard InChI is InChI=1S/C13H20ClN/c1-10(2)11(3)8-15-9-12-6-4-5-7-13(12)14/h4-7,10-11,15H,8-9H2,1-3H3/t11-/m1/s1. The van der Waals surface area contributed by atoms with Crippen molar-refractivity contribution in [3.8, 4) is 0 Å². The molecule has 2 heteroatoms. The summed E-state index contributed by atoms with van der Waals surface area (Å²) in [6, 6.07) is 7.98. The molecule has 1 aromatic carbocycles. The number of hydrogen-bond donors (Lipinski definition) is 1. The summed E-state index contributed by atoms with van der Waals surface area (Å²) in [5.74, 6) is 1.43. The second-order valence-electron chi connectivity index (χ2n) is 4.44. The Kier molecular flexibility index (Phi) is 5.13. The first-order valence-corrected chi connectivity index (χ1v) is 5.93. The number of benzene rings is 1. The lowest BCUT2D eigenvalue weighted by Crippen LogP contribution is -2.23. The molecule has 0 aliphatic heterocycles. The smallest absolute Gasteiger partial charge is 0.0450 e. The van der Waals surface area contributed by atoms with E-state index in [1.54, 1.807) is 0 Å². The van der Waals surface area contributed by atoms with Crippen molar-refractivity contribution < 1.29 is 0 Å². The largest absolute Gasteiger partial charge is 0.312 e. The second-order valence-corrected chi connectivity index (χ2v) is 4.85. The molecule has 0 aromatic heterocycles. The fraction of sp³-hybridized carbons (Fsp3) is 0.538. The monoisotopic (exact) mass is 225 g/mol. The molecule has 0 spiro atoms. The summed E-state index contributed by atoms with van der Waals surface area (Å²) in [5, 5.41) is 4.29. The van der Waals surface area contributed by atoms with Gasteiger partial charge >= 0.3 is 0 Å². The lowest BCUT2D eigenvalue weighted by atomic mass is 9.98. The lowest BCUT2D eigenvalue weighted by molar-refractivity contribution is 0.392. The molecule has 1 rings (SSSR count).